The van der Waals surface area contributed by atoms with Gasteiger partial charge in [-0.05, 0) is 31.2 Å². The minimum absolute atomic E-state index is 0.150. The fourth-order valence-electron chi connectivity index (χ4n) is 2.02. The van der Waals surface area contributed by atoms with Gasteiger partial charge in [-0.25, -0.2) is 13.2 Å². The SMILES string of the molecule is C[C@@H](Sc1nnc(-c2ccccc2)o1)C(=O)Nc1ccc(F)c(F)c1F. The van der Waals surface area contributed by atoms with Gasteiger partial charge in [0.05, 0.1) is 10.9 Å². The summed E-state index contributed by atoms with van der Waals surface area (Å²) in [5.41, 5.74) is 0.282. The molecule has 0 saturated carbocycles. The van der Waals surface area contributed by atoms with Gasteiger partial charge in [0.2, 0.25) is 11.8 Å². The lowest BCUT2D eigenvalue weighted by molar-refractivity contribution is -0.115. The van der Waals surface area contributed by atoms with Gasteiger partial charge in [0.25, 0.3) is 5.22 Å². The molecule has 2 aromatic carbocycles. The van der Waals surface area contributed by atoms with Crippen molar-refractivity contribution in [1.29, 1.82) is 0 Å². The molecule has 0 aliphatic rings. The normalized spacial score (nSPS) is 12.0. The van der Waals surface area contributed by atoms with E-state index in [1.54, 1.807) is 12.1 Å². The van der Waals surface area contributed by atoms with Crippen molar-refractivity contribution in [3.8, 4) is 11.5 Å². The Labute approximate surface area is 150 Å². The maximum absolute atomic E-state index is 13.6. The number of carbonyl (C=O) groups excluding carboxylic acids is 1. The molecule has 0 fully saturated rings. The lowest BCUT2D eigenvalue weighted by Crippen LogP contribution is -2.23. The van der Waals surface area contributed by atoms with Gasteiger partial charge in [-0.3, -0.25) is 4.79 Å². The molecular formula is C17H12F3N3O2S. The number of anilines is 1. The number of halogens is 3. The zero-order chi connectivity index (χ0) is 18.7. The summed E-state index contributed by atoms with van der Waals surface area (Å²) in [5, 5.41) is 9.36. The first-order valence-corrected chi connectivity index (χ1v) is 8.33. The molecule has 3 rings (SSSR count). The molecule has 1 N–H and O–H groups in total. The number of thioether (sulfide) groups is 1. The van der Waals surface area contributed by atoms with Gasteiger partial charge < -0.3 is 9.73 Å². The zero-order valence-corrected chi connectivity index (χ0v) is 14.2. The van der Waals surface area contributed by atoms with E-state index >= 15 is 0 Å². The molecule has 5 nitrogen and oxygen atoms in total. The third-order valence-electron chi connectivity index (χ3n) is 3.37. The molecule has 0 saturated heterocycles. The van der Waals surface area contributed by atoms with Crippen molar-refractivity contribution in [2.24, 2.45) is 0 Å². The highest BCUT2D eigenvalue weighted by Crippen LogP contribution is 2.27. The minimum atomic E-state index is -1.65. The minimum Gasteiger partial charge on any atom is -0.411 e. The van der Waals surface area contributed by atoms with Crippen molar-refractivity contribution in [3.63, 3.8) is 0 Å². The highest BCUT2D eigenvalue weighted by molar-refractivity contribution is 8.00. The van der Waals surface area contributed by atoms with Crippen LogP contribution >= 0.6 is 11.8 Å². The molecule has 0 unspecified atom stereocenters. The second-order valence-corrected chi connectivity index (χ2v) is 6.50. The first-order chi connectivity index (χ1) is 12.5. The topological polar surface area (TPSA) is 68.0 Å². The molecule has 1 amide bonds. The Balaban J connectivity index is 1.67. The summed E-state index contributed by atoms with van der Waals surface area (Å²) >= 11 is 0.957. The van der Waals surface area contributed by atoms with Gasteiger partial charge >= 0.3 is 0 Å². The Kier molecular flexibility index (Phi) is 5.27. The van der Waals surface area contributed by atoms with Crippen LogP contribution in [0.2, 0.25) is 0 Å². The van der Waals surface area contributed by atoms with Crippen molar-refractivity contribution in [1.82, 2.24) is 10.2 Å². The first-order valence-electron chi connectivity index (χ1n) is 7.45. The Morgan fingerprint density at radius 1 is 1.08 bits per heavy atom. The fraction of sp³-hybridized carbons (Fsp3) is 0.118. The van der Waals surface area contributed by atoms with Crippen molar-refractivity contribution in [3.05, 3.63) is 59.9 Å². The summed E-state index contributed by atoms with van der Waals surface area (Å²) in [6, 6.07) is 10.8. The van der Waals surface area contributed by atoms with Crippen LogP contribution in [0.15, 0.2) is 52.1 Å². The van der Waals surface area contributed by atoms with Crippen LogP contribution in [0.1, 0.15) is 6.92 Å². The van der Waals surface area contributed by atoms with Crippen molar-refractivity contribution < 1.29 is 22.4 Å². The average Bonchev–Trinajstić information content (AvgIpc) is 3.11. The second-order valence-electron chi connectivity index (χ2n) is 5.21. The summed E-state index contributed by atoms with van der Waals surface area (Å²) < 4.78 is 45.2. The van der Waals surface area contributed by atoms with E-state index < -0.39 is 34.3 Å². The Hall–Kier alpha value is -2.81. The van der Waals surface area contributed by atoms with Crippen LogP contribution in [-0.2, 0) is 4.79 Å². The molecule has 3 aromatic rings. The highest BCUT2D eigenvalue weighted by Gasteiger charge is 2.21. The van der Waals surface area contributed by atoms with Gasteiger partial charge in [-0.15, -0.1) is 10.2 Å². The third kappa shape index (κ3) is 3.88. The van der Waals surface area contributed by atoms with E-state index in [1.807, 2.05) is 18.2 Å². The largest absolute Gasteiger partial charge is 0.411 e. The summed E-state index contributed by atoms with van der Waals surface area (Å²) in [7, 11) is 0. The standard InChI is InChI=1S/C17H12F3N3O2S/c1-9(15(24)21-12-8-7-11(18)13(19)14(12)20)26-17-23-22-16(25-17)10-5-3-2-4-6-10/h2-9H,1H3,(H,21,24)/t9-/m1/s1. The maximum Gasteiger partial charge on any atom is 0.277 e. The predicted octanol–water partition coefficient (Wildman–Crippen LogP) is 4.27. The van der Waals surface area contributed by atoms with Gasteiger partial charge in [-0.2, -0.15) is 0 Å². The zero-order valence-electron chi connectivity index (χ0n) is 13.4. The fourth-order valence-corrected chi connectivity index (χ4v) is 2.70. The van der Waals surface area contributed by atoms with Crippen LogP contribution in [0.3, 0.4) is 0 Å². The first kappa shape index (κ1) is 18.0. The monoisotopic (exact) mass is 379 g/mol. The quantitative estimate of drug-likeness (QED) is 0.530. The molecule has 1 heterocycles. The number of aromatic nitrogens is 2. The summed E-state index contributed by atoms with van der Waals surface area (Å²) in [5.74, 6) is -4.76. The number of hydrogen-bond acceptors (Lipinski definition) is 5. The summed E-state index contributed by atoms with van der Waals surface area (Å²) in [6.07, 6.45) is 0. The van der Waals surface area contributed by atoms with Crippen LogP contribution in [0, 0.1) is 17.5 Å². The molecular weight excluding hydrogens is 367 g/mol. The van der Waals surface area contributed by atoms with E-state index in [9.17, 15) is 18.0 Å². The molecule has 1 atom stereocenters. The predicted molar refractivity (Wildman–Crippen MR) is 90.0 cm³/mol. The van der Waals surface area contributed by atoms with Crippen molar-refractivity contribution in [2.75, 3.05) is 5.32 Å². The molecule has 0 aliphatic carbocycles. The Morgan fingerprint density at radius 2 is 1.81 bits per heavy atom. The number of amides is 1. The molecule has 0 bridgehead atoms. The van der Waals surface area contributed by atoms with E-state index in [1.165, 1.54) is 6.92 Å². The molecule has 0 radical (unpaired) electrons. The maximum atomic E-state index is 13.6. The molecule has 1 aromatic heterocycles. The van der Waals surface area contributed by atoms with Crippen LogP contribution in [0.5, 0.6) is 0 Å². The van der Waals surface area contributed by atoms with E-state index in [4.69, 9.17) is 4.42 Å². The molecule has 0 aliphatic heterocycles. The van der Waals surface area contributed by atoms with Gasteiger partial charge in [0, 0.05) is 5.56 Å². The third-order valence-corrected chi connectivity index (χ3v) is 4.30. The van der Waals surface area contributed by atoms with Gasteiger partial charge in [0.15, 0.2) is 17.5 Å². The highest BCUT2D eigenvalue weighted by atomic mass is 32.2. The smallest absolute Gasteiger partial charge is 0.277 e. The van der Waals surface area contributed by atoms with Gasteiger partial charge in [-0.1, -0.05) is 30.0 Å². The second kappa shape index (κ2) is 7.61. The number of nitrogens with one attached hydrogen (secondary N) is 1. The van der Waals surface area contributed by atoms with Crippen LogP contribution in [-0.4, -0.2) is 21.4 Å². The Morgan fingerprint density at radius 3 is 2.54 bits per heavy atom. The van der Waals surface area contributed by atoms with E-state index in [2.05, 4.69) is 15.5 Å². The van der Waals surface area contributed by atoms with Crippen LogP contribution in [0.25, 0.3) is 11.5 Å². The molecule has 9 heteroatoms. The van der Waals surface area contributed by atoms with Crippen molar-refractivity contribution >= 4 is 23.4 Å². The van der Waals surface area contributed by atoms with Gasteiger partial charge in [0.1, 0.15) is 0 Å². The molecule has 134 valence electrons. The average molecular weight is 379 g/mol. The van der Waals surface area contributed by atoms with E-state index in [0.29, 0.717) is 5.89 Å². The number of rotatable bonds is 5. The summed E-state index contributed by atoms with van der Waals surface area (Å²) in [6.45, 7) is 1.53. The lowest BCUT2D eigenvalue weighted by Gasteiger charge is -2.11. The van der Waals surface area contributed by atoms with E-state index in [-0.39, 0.29) is 5.22 Å². The molecule has 0 spiro atoms. The number of carbonyl (C=O) groups is 1. The van der Waals surface area contributed by atoms with E-state index in [0.717, 1.165) is 29.5 Å². The summed E-state index contributed by atoms with van der Waals surface area (Å²) in [4.78, 5) is 12.1. The lowest BCUT2D eigenvalue weighted by atomic mass is 10.2. The number of nitrogens with zero attached hydrogens (tertiary/aromatic N) is 2. The number of hydrogen-bond donors (Lipinski definition) is 1. The van der Waals surface area contributed by atoms with Crippen molar-refractivity contribution in [2.45, 2.75) is 17.4 Å². The van der Waals surface area contributed by atoms with Crippen LogP contribution in [0.4, 0.5) is 18.9 Å². The van der Waals surface area contributed by atoms with Crippen LogP contribution < -0.4 is 5.32 Å². The number of benzene rings is 2. The molecule has 26 heavy (non-hydrogen) atoms. The Bertz CT molecular complexity index is 934.